The van der Waals surface area contributed by atoms with E-state index in [4.69, 9.17) is 4.74 Å². The minimum absolute atomic E-state index is 0.324. The van der Waals surface area contributed by atoms with Crippen LogP contribution in [0.1, 0.15) is 22.9 Å². The molecule has 2 aromatic rings. The van der Waals surface area contributed by atoms with E-state index in [1.807, 2.05) is 0 Å². The number of halogens is 1. The predicted molar refractivity (Wildman–Crippen MR) is 78.9 cm³/mol. The number of fused-ring (bicyclic) bond motifs is 1. The van der Waals surface area contributed by atoms with Gasteiger partial charge in [-0.05, 0) is 6.07 Å². The number of aromatic nitrogens is 2. The van der Waals surface area contributed by atoms with Gasteiger partial charge in [-0.25, -0.2) is 14.4 Å². The zero-order valence-corrected chi connectivity index (χ0v) is 12.4. The molecule has 1 N–H and O–H groups in total. The molecule has 2 heterocycles. The van der Waals surface area contributed by atoms with E-state index in [-0.39, 0.29) is 5.82 Å². The largest absolute Gasteiger partial charge is 0.481 e. The standard InChI is InChI=1S/C16H18FN3O2/c1-22-16-12-8-20(7-6-14(12)18-10-19-16)9-15(21)11-4-2-3-5-13(11)17/h2-5,10,15,21H,6-9H2,1H3. The lowest BCUT2D eigenvalue weighted by Gasteiger charge is -2.30. The summed E-state index contributed by atoms with van der Waals surface area (Å²) in [4.78, 5) is 10.4. The molecule has 116 valence electrons. The molecule has 0 bridgehead atoms. The Hall–Kier alpha value is -2.05. The summed E-state index contributed by atoms with van der Waals surface area (Å²) >= 11 is 0. The smallest absolute Gasteiger partial charge is 0.220 e. The van der Waals surface area contributed by atoms with Crippen LogP contribution in [0.4, 0.5) is 4.39 Å². The van der Waals surface area contributed by atoms with Crippen LogP contribution in [-0.4, -0.2) is 40.2 Å². The second kappa shape index (κ2) is 6.37. The van der Waals surface area contributed by atoms with Gasteiger partial charge in [-0.1, -0.05) is 18.2 Å². The summed E-state index contributed by atoms with van der Waals surface area (Å²) in [5, 5.41) is 10.3. The van der Waals surface area contributed by atoms with Gasteiger partial charge in [0.2, 0.25) is 5.88 Å². The van der Waals surface area contributed by atoms with Gasteiger partial charge in [0.15, 0.2) is 0 Å². The van der Waals surface area contributed by atoms with Crippen LogP contribution < -0.4 is 4.74 Å². The predicted octanol–water partition coefficient (Wildman–Crippen LogP) is 1.72. The number of ether oxygens (including phenoxy) is 1. The van der Waals surface area contributed by atoms with Gasteiger partial charge in [0.25, 0.3) is 0 Å². The highest BCUT2D eigenvalue weighted by Gasteiger charge is 2.24. The van der Waals surface area contributed by atoms with E-state index in [0.717, 1.165) is 24.2 Å². The van der Waals surface area contributed by atoms with Crippen molar-refractivity contribution >= 4 is 0 Å². The van der Waals surface area contributed by atoms with Crippen molar-refractivity contribution in [1.82, 2.24) is 14.9 Å². The van der Waals surface area contributed by atoms with Gasteiger partial charge >= 0.3 is 0 Å². The van der Waals surface area contributed by atoms with E-state index in [1.165, 1.54) is 12.4 Å². The van der Waals surface area contributed by atoms with Crippen LogP contribution in [0.3, 0.4) is 0 Å². The van der Waals surface area contributed by atoms with Gasteiger partial charge in [-0.15, -0.1) is 0 Å². The Morgan fingerprint density at radius 1 is 1.36 bits per heavy atom. The highest BCUT2D eigenvalue weighted by Crippen LogP contribution is 2.26. The minimum Gasteiger partial charge on any atom is -0.481 e. The van der Waals surface area contributed by atoms with Crippen molar-refractivity contribution in [2.45, 2.75) is 19.1 Å². The van der Waals surface area contributed by atoms with Crippen LogP contribution in [0.2, 0.25) is 0 Å². The number of aliphatic hydroxyl groups is 1. The Labute approximate surface area is 128 Å². The molecule has 1 unspecified atom stereocenters. The van der Waals surface area contributed by atoms with Crippen molar-refractivity contribution in [2.24, 2.45) is 0 Å². The van der Waals surface area contributed by atoms with Gasteiger partial charge in [0.05, 0.1) is 18.9 Å². The molecular weight excluding hydrogens is 285 g/mol. The Kier molecular flexibility index (Phi) is 4.31. The number of benzene rings is 1. The maximum absolute atomic E-state index is 13.7. The fourth-order valence-electron chi connectivity index (χ4n) is 2.79. The molecule has 0 spiro atoms. The summed E-state index contributed by atoms with van der Waals surface area (Å²) in [6.45, 7) is 1.71. The van der Waals surface area contributed by atoms with Crippen LogP contribution in [0, 0.1) is 5.82 Å². The van der Waals surface area contributed by atoms with Crippen LogP contribution in [-0.2, 0) is 13.0 Å². The molecule has 1 aromatic carbocycles. The average Bonchev–Trinajstić information content (AvgIpc) is 2.54. The van der Waals surface area contributed by atoms with E-state index >= 15 is 0 Å². The van der Waals surface area contributed by atoms with Gasteiger partial charge < -0.3 is 9.84 Å². The molecule has 0 radical (unpaired) electrons. The molecule has 1 aliphatic rings. The maximum Gasteiger partial charge on any atom is 0.220 e. The summed E-state index contributed by atoms with van der Waals surface area (Å²) in [6.07, 6.45) is 1.40. The lowest BCUT2D eigenvalue weighted by atomic mass is 10.0. The molecule has 0 fully saturated rings. The van der Waals surface area contributed by atoms with Crippen molar-refractivity contribution in [3.63, 3.8) is 0 Å². The summed E-state index contributed by atoms with van der Waals surface area (Å²) in [7, 11) is 1.58. The summed E-state index contributed by atoms with van der Waals surface area (Å²) < 4.78 is 19.0. The fraction of sp³-hybridized carbons (Fsp3) is 0.375. The Morgan fingerprint density at radius 3 is 2.95 bits per heavy atom. The van der Waals surface area contributed by atoms with Crippen molar-refractivity contribution < 1.29 is 14.2 Å². The molecule has 1 aliphatic heterocycles. The van der Waals surface area contributed by atoms with E-state index in [1.54, 1.807) is 25.3 Å². The zero-order chi connectivity index (χ0) is 15.5. The normalized spacial score (nSPS) is 16.1. The van der Waals surface area contributed by atoms with Crippen molar-refractivity contribution in [3.8, 4) is 5.88 Å². The maximum atomic E-state index is 13.7. The topological polar surface area (TPSA) is 58.5 Å². The van der Waals surface area contributed by atoms with Gasteiger partial charge in [0, 0.05) is 37.2 Å². The highest BCUT2D eigenvalue weighted by atomic mass is 19.1. The molecule has 0 saturated carbocycles. The fourth-order valence-corrected chi connectivity index (χ4v) is 2.79. The molecule has 5 nitrogen and oxygen atoms in total. The number of aliphatic hydroxyl groups excluding tert-OH is 1. The molecule has 0 aliphatic carbocycles. The monoisotopic (exact) mass is 303 g/mol. The third-order valence-corrected chi connectivity index (χ3v) is 3.93. The van der Waals surface area contributed by atoms with Crippen molar-refractivity contribution in [2.75, 3.05) is 20.2 Å². The number of nitrogens with zero attached hydrogens (tertiary/aromatic N) is 3. The summed E-state index contributed by atoms with van der Waals surface area (Å²) in [6, 6.07) is 6.32. The lowest BCUT2D eigenvalue weighted by Crippen LogP contribution is -2.35. The third-order valence-electron chi connectivity index (χ3n) is 3.93. The second-order valence-corrected chi connectivity index (χ2v) is 5.33. The minimum atomic E-state index is -0.863. The van der Waals surface area contributed by atoms with Crippen LogP contribution >= 0.6 is 0 Å². The van der Waals surface area contributed by atoms with Gasteiger partial charge in [-0.2, -0.15) is 0 Å². The Morgan fingerprint density at radius 2 is 2.18 bits per heavy atom. The lowest BCUT2D eigenvalue weighted by molar-refractivity contribution is 0.102. The number of hydrogen-bond acceptors (Lipinski definition) is 5. The molecule has 1 atom stereocenters. The first-order chi connectivity index (χ1) is 10.7. The third kappa shape index (κ3) is 2.93. The molecule has 0 saturated heterocycles. The molecule has 22 heavy (non-hydrogen) atoms. The van der Waals surface area contributed by atoms with E-state index in [2.05, 4.69) is 14.9 Å². The Bertz CT molecular complexity index is 651. The number of β-amino-alcohol motifs (C(OH)–C–C–N with tert-alkyl or cyclic N) is 1. The van der Waals surface area contributed by atoms with Gasteiger partial charge in [-0.3, -0.25) is 4.90 Å². The van der Waals surface area contributed by atoms with Crippen LogP contribution in [0.15, 0.2) is 30.6 Å². The molecule has 1 aromatic heterocycles. The number of hydrogen-bond donors (Lipinski definition) is 1. The molecule has 0 amide bonds. The number of methoxy groups -OCH3 is 1. The van der Waals surface area contributed by atoms with Crippen LogP contribution in [0.5, 0.6) is 5.88 Å². The van der Waals surface area contributed by atoms with Crippen molar-refractivity contribution in [1.29, 1.82) is 0 Å². The van der Waals surface area contributed by atoms with E-state index < -0.39 is 6.10 Å². The summed E-state index contributed by atoms with van der Waals surface area (Å²) in [5.41, 5.74) is 2.24. The van der Waals surface area contributed by atoms with Gasteiger partial charge in [0.1, 0.15) is 12.1 Å². The number of rotatable bonds is 4. The first-order valence-corrected chi connectivity index (χ1v) is 7.20. The first kappa shape index (κ1) is 14.9. The highest BCUT2D eigenvalue weighted by molar-refractivity contribution is 5.31. The summed E-state index contributed by atoms with van der Waals surface area (Å²) in [5.74, 6) is 0.184. The van der Waals surface area contributed by atoms with E-state index in [9.17, 15) is 9.50 Å². The average molecular weight is 303 g/mol. The van der Waals surface area contributed by atoms with E-state index in [0.29, 0.717) is 24.5 Å². The Balaban J connectivity index is 1.74. The van der Waals surface area contributed by atoms with Crippen LogP contribution in [0.25, 0.3) is 0 Å². The second-order valence-electron chi connectivity index (χ2n) is 5.33. The zero-order valence-electron chi connectivity index (χ0n) is 12.4. The molecular formula is C16H18FN3O2. The molecule has 6 heteroatoms. The first-order valence-electron chi connectivity index (χ1n) is 7.20. The van der Waals surface area contributed by atoms with Crippen molar-refractivity contribution in [3.05, 3.63) is 53.2 Å². The quantitative estimate of drug-likeness (QED) is 0.932. The SMILES string of the molecule is COc1ncnc2c1CN(CC(O)c1ccccc1F)CC2. The molecule has 3 rings (SSSR count).